The number of aliphatic hydroxyl groups is 5. The molecule has 0 aromatic carbocycles. The number of phosphoric ester groups is 1. The van der Waals surface area contributed by atoms with Crippen LogP contribution in [0.4, 0.5) is 0 Å². The molecule has 0 saturated heterocycles. The Morgan fingerprint density at radius 3 is 1.60 bits per heavy atom. The molecular weight excluding hydrogens is 727 g/mol. The van der Waals surface area contributed by atoms with Crippen molar-refractivity contribution >= 4 is 13.8 Å². The monoisotopic (exact) mass is 805 g/mol. The predicted molar refractivity (Wildman–Crippen MR) is 216 cm³/mol. The number of phosphoric acid groups is 1. The highest BCUT2D eigenvalue weighted by molar-refractivity contribution is 7.47. The number of ether oxygens (including phenoxy) is 2. The van der Waals surface area contributed by atoms with E-state index in [2.05, 4.69) is 50.3 Å². The van der Waals surface area contributed by atoms with Crippen molar-refractivity contribution in [1.82, 2.24) is 0 Å². The minimum atomic E-state index is -5.02. The normalized spacial score (nSPS) is 23.6. The molecule has 1 rings (SSSR count). The van der Waals surface area contributed by atoms with Gasteiger partial charge in [-0.2, -0.15) is 0 Å². The third kappa shape index (κ3) is 26.2. The van der Waals surface area contributed by atoms with E-state index in [1.165, 1.54) is 44.9 Å². The van der Waals surface area contributed by atoms with Gasteiger partial charge in [-0.05, 0) is 64.2 Å². The van der Waals surface area contributed by atoms with Gasteiger partial charge in [0.2, 0.25) is 0 Å². The first kappa shape index (κ1) is 51.6. The number of hydrogen-bond donors (Lipinski definition) is 6. The van der Waals surface area contributed by atoms with Crippen LogP contribution < -0.4 is 0 Å². The van der Waals surface area contributed by atoms with Crippen molar-refractivity contribution in [2.75, 3.05) is 19.8 Å². The third-order valence-corrected chi connectivity index (χ3v) is 10.7. The van der Waals surface area contributed by atoms with Crippen LogP contribution in [0.2, 0.25) is 0 Å². The summed E-state index contributed by atoms with van der Waals surface area (Å²) in [6.07, 6.45) is 25.0. The SMILES string of the molecule is CCCC/C=C\C/C=C\CCCCCCCCOCC(COP(=O)(O)OC1C(O)C(O)C(O)C(O)C1O)OC(=O)CCCCCCC/C=C\CCCCCC. The van der Waals surface area contributed by atoms with Crippen LogP contribution in [0.15, 0.2) is 36.5 Å². The number of carbonyl (C=O) groups is 1. The van der Waals surface area contributed by atoms with Crippen LogP contribution in [0, 0.1) is 0 Å². The Kier molecular flexibility index (Phi) is 31.4. The summed E-state index contributed by atoms with van der Waals surface area (Å²) in [4.78, 5) is 23.1. The fourth-order valence-corrected chi connectivity index (χ4v) is 7.22. The molecular formula is C42H77O12P. The summed E-state index contributed by atoms with van der Waals surface area (Å²) >= 11 is 0. The number of hydrogen-bond acceptors (Lipinski definition) is 11. The van der Waals surface area contributed by atoms with Crippen LogP contribution in [0.25, 0.3) is 0 Å². The molecule has 1 aliphatic rings. The summed E-state index contributed by atoms with van der Waals surface area (Å²) in [5, 5.41) is 50.1. The topological polar surface area (TPSA) is 192 Å². The van der Waals surface area contributed by atoms with Gasteiger partial charge in [-0.25, -0.2) is 4.57 Å². The molecule has 0 spiro atoms. The zero-order valence-corrected chi connectivity index (χ0v) is 34.9. The summed E-state index contributed by atoms with van der Waals surface area (Å²) < 4.78 is 34.1. The van der Waals surface area contributed by atoms with Crippen molar-refractivity contribution in [2.24, 2.45) is 0 Å². The maximum atomic E-state index is 12.8. The maximum Gasteiger partial charge on any atom is 0.472 e. The molecule has 0 bridgehead atoms. The Morgan fingerprint density at radius 2 is 1.04 bits per heavy atom. The quantitative estimate of drug-likeness (QED) is 0.0157. The zero-order valence-electron chi connectivity index (χ0n) is 34.0. The highest BCUT2D eigenvalue weighted by Gasteiger charge is 2.51. The molecule has 13 heteroatoms. The van der Waals surface area contributed by atoms with Crippen molar-refractivity contribution in [3.05, 3.63) is 36.5 Å². The number of allylic oxidation sites excluding steroid dienone is 6. The molecule has 6 N–H and O–H groups in total. The third-order valence-electron chi connectivity index (χ3n) is 9.74. The molecule has 6 atom stereocenters. The van der Waals surface area contributed by atoms with Crippen molar-refractivity contribution in [3.63, 3.8) is 0 Å². The lowest BCUT2D eigenvalue weighted by Gasteiger charge is -2.41. The van der Waals surface area contributed by atoms with Crippen molar-refractivity contribution < 1.29 is 58.3 Å². The number of carbonyl (C=O) groups excluding carboxylic acids is 1. The molecule has 12 nitrogen and oxygen atoms in total. The lowest BCUT2D eigenvalue weighted by atomic mass is 9.85. The molecule has 322 valence electrons. The Bertz CT molecular complexity index is 1050. The second kappa shape index (κ2) is 33.5. The highest BCUT2D eigenvalue weighted by atomic mass is 31.2. The number of unbranched alkanes of at least 4 members (excludes halogenated alkanes) is 17. The van der Waals surface area contributed by atoms with Gasteiger partial charge in [-0.3, -0.25) is 13.8 Å². The molecule has 0 radical (unpaired) electrons. The average Bonchev–Trinajstić information content (AvgIpc) is 3.17. The predicted octanol–water partition coefficient (Wildman–Crippen LogP) is 7.92. The molecule has 0 aromatic rings. The first-order chi connectivity index (χ1) is 26.5. The molecule has 1 saturated carbocycles. The van der Waals surface area contributed by atoms with Crippen LogP contribution in [0.3, 0.4) is 0 Å². The largest absolute Gasteiger partial charge is 0.472 e. The lowest BCUT2D eigenvalue weighted by molar-refractivity contribution is -0.220. The summed E-state index contributed by atoms with van der Waals surface area (Å²) in [7, 11) is -5.02. The molecule has 0 amide bonds. The lowest BCUT2D eigenvalue weighted by Crippen LogP contribution is -2.64. The fourth-order valence-electron chi connectivity index (χ4n) is 6.25. The minimum Gasteiger partial charge on any atom is -0.457 e. The molecule has 6 unspecified atom stereocenters. The first-order valence-corrected chi connectivity index (χ1v) is 22.8. The van der Waals surface area contributed by atoms with Crippen LogP contribution in [0.5, 0.6) is 0 Å². The molecule has 1 aliphatic carbocycles. The Hall–Kier alpha value is -1.44. The smallest absolute Gasteiger partial charge is 0.457 e. The van der Waals surface area contributed by atoms with Crippen LogP contribution in [0.1, 0.15) is 162 Å². The van der Waals surface area contributed by atoms with Gasteiger partial charge < -0.3 is 39.9 Å². The fraction of sp³-hybridized carbons (Fsp3) is 0.833. The van der Waals surface area contributed by atoms with Gasteiger partial charge in [0, 0.05) is 13.0 Å². The molecule has 0 heterocycles. The molecule has 1 fully saturated rings. The van der Waals surface area contributed by atoms with E-state index in [0.29, 0.717) is 13.0 Å². The van der Waals surface area contributed by atoms with Gasteiger partial charge in [0.25, 0.3) is 0 Å². The zero-order chi connectivity index (χ0) is 40.6. The number of esters is 1. The van der Waals surface area contributed by atoms with Gasteiger partial charge in [-0.15, -0.1) is 0 Å². The van der Waals surface area contributed by atoms with Crippen LogP contribution in [-0.4, -0.2) is 98.9 Å². The van der Waals surface area contributed by atoms with Crippen LogP contribution >= 0.6 is 7.82 Å². The van der Waals surface area contributed by atoms with Crippen molar-refractivity contribution in [3.8, 4) is 0 Å². The van der Waals surface area contributed by atoms with E-state index in [1.807, 2.05) is 0 Å². The van der Waals surface area contributed by atoms with Gasteiger partial charge in [-0.1, -0.05) is 127 Å². The summed E-state index contributed by atoms with van der Waals surface area (Å²) in [5.41, 5.74) is 0. The van der Waals surface area contributed by atoms with E-state index in [-0.39, 0.29) is 13.0 Å². The maximum absolute atomic E-state index is 12.8. The second-order valence-electron chi connectivity index (χ2n) is 14.8. The van der Waals surface area contributed by atoms with E-state index in [1.54, 1.807) is 0 Å². The first-order valence-electron chi connectivity index (χ1n) is 21.3. The van der Waals surface area contributed by atoms with Crippen LogP contribution in [-0.2, 0) is 27.9 Å². The Morgan fingerprint density at radius 1 is 0.582 bits per heavy atom. The highest BCUT2D eigenvalue weighted by Crippen LogP contribution is 2.47. The minimum absolute atomic E-state index is 0.0870. The van der Waals surface area contributed by atoms with Crippen molar-refractivity contribution in [1.29, 1.82) is 0 Å². The molecule has 0 aliphatic heterocycles. The summed E-state index contributed by atoms with van der Waals surface area (Å²) in [6, 6.07) is 0. The Balaban J connectivity index is 2.45. The van der Waals surface area contributed by atoms with E-state index >= 15 is 0 Å². The average molecular weight is 805 g/mol. The summed E-state index contributed by atoms with van der Waals surface area (Å²) in [6.45, 7) is 4.15. The van der Waals surface area contributed by atoms with E-state index < -0.39 is 63.1 Å². The van der Waals surface area contributed by atoms with E-state index in [4.69, 9.17) is 18.5 Å². The summed E-state index contributed by atoms with van der Waals surface area (Å²) in [5.74, 6) is -0.492. The van der Waals surface area contributed by atoms with Gasteiger partial charge in [0.1, 0.15) is 42.7 Å². The van der Waals surface area contributed by atoms with Gasteiger partial charge >= 0.3 is 13.8 Å². The number of aliphatic hydroxyl groups excluding tert-OH is 5. The van der Waals surface area contributed by atoms with E-state index in [9.17, 15) is 39.8 Å². The number of rotatable bonds is 35. The van der Waals surface area contributed by atoms with E-state index in [0.717, 1.165) is 89.9 Å². The molecule has 0 aromatic heterocycles. The standard InChI is InChI=1S/C42H77O12P/c1-3-5-7-9-11-13-15-17-18-20-22-24-26-28-30-32-51-33-35(34-52-55(49,50)54-42-40(47)38(45)37(44)39(46)41(42)48)53-36(43)31-29-27-25-23-21-19-16-14-12-10-8-6-4-2/h9,11,14-17,35,37-42,44-48H,3-8,10,12-13,18-34H2,1-2H3,(H,49,50)/b11-9-,16-14-,17-15-. The van der Waals surface area contributed by atoms with Crippen molar-refractivity contribution in [2.45, 2.75) is 204 Å². The van der Waals surface area contributed by atoms with Gasteiger partial charge in [0.05, 0.1) is 13.2 Å². The molecule has 55 heavy (non-hydrogen) atoms. The second-order valence-corrected chi connectivity index (χ2v) is 16.2. The van der Waals surface area contributed by atoms with Gasteiger partial charge in [0.15, 0.2) is 0 Å². The Labute approximate surface area is 332 Å².